The van der Waals surface area contributed by atoms with Crippen LogP contribution in [0.15, 0.2) is 75.2 Å². The summed E-state index contributed by atoms with van der Waals surface area (Å²) in [5.74, 6) is 0.210. The van der Waals surface area contributed by atoms with Crippen LogP contribution in [0.2, 0.25) is 0 Å². The summed E-state index contributed by atoms with van der Waals surface area (Å²) in [4.78, 5) is 12.6. The number of ether oxygens (including phenoxy) is 2. The lowest BCUT2D eigenvalue weighted by Gasteiger charge is -2.12. The van der Waals surface area contributed by atoms with Gasteiger partial charge in [-0.2, -0.15) is 5.26 Å². The Hall–Kier alpha value is -3.15. The van der Waals surface area contributed by atoms with Crippen LogP contribution in [-0.4, -0.2) is 12.5 Å². The van der Waals surface area contributed by atoms with E-state index in [1.165, 1.54) is 12.1 Å². The van der Waals surface area contributed by atoms with Crippen molar-refractivity contribution in [2.24, 2.45) is 0 Å². The summed E-state index contributed by atoms with van der Waals surface area (Å²) in [5.41, 5.74) is 1.47. The van der Waals surface area contributed by atoms with E-state index in [9.17, 15) is 14.4 Å². The number of carbonyl (C=O) groups is 1. The minimum atomic E-state index is -0.543. The molecule has 3 aromatic rings. The van der Waals surface area contributed by atoms with Crippen molar-refractivity contribution in [3.63, 3.8) is 0 Å². The molecule has 0 aromatic heterocycles. The predicted octanol–water partition coefficient (Wildman–Crippen LogP) is 6.87. The van der Waals surface area contributed by atoms with Crippen LogP contribution in [0.3, 0.4) is 0 Å². The van der Waals surface area contributed by atoms with Gasteiger partial charge in [0.2, 0.25) is 0 Å². The zero-order valence-electron chi connectivity index (χ0n) is 17.6. The van der Waals surface area contributed by atoms with Gasteiger partial charge in [0.15, 0.2) is 0 Å². The third-order valence-electron chi connectivity index (χ3n) is 4.43. The number of nitrogens with zero attached hydrogens (tertiary/aromatic N) is 1. The summed E-state index contributed by atoms with van der Waals surface area (Å²) in [7, 11) is 0. The van der Waals surface area contributed by atoms with Crippen LogP contribution in [0.1, 0.15) is 18.1 Å². The summed E-state index contributed by atoms with van der Waals surface area (Å²) in [5, 5.41) is 12.2. The number of hydrogen-bond acceptors (Lipinski definition) is 4. The first-order chi connectivity index (χ1) is 15.9. The average molecular weight is 574 g/mol. The Balaban J connectivity index is 1.76. The fourth-order valence-electron chi connectivity index (χ4n) is 2.91. The number of amides is 1. The number of nitriles is 1. The molecule has 8 heteroatoms. The highest BCUT2D eigenvalue weighted by atomic mass is 79.9. The molecular formula is C25H19Br2FN2O3. The maximum atomic E-state index is 13.8. The van der Waals surface area contributed by atoms with Gasteiger partial charge in [0.25, 0.3) is 5.91 Å². The fourth-order valence-corrected chi connectivity index (χ4v) is 4.36. The van der Waals surface area contributed by atoms with Gasteiger partial charge in [-0.1, -0.05) is 24.3 Å². The van der Waals surface area contributed by atoms with Gasteiger partial charge < -0.3 is 14.8 Å². The number of hydrogen-bond donors (Lipinski definition) is 1. The molecule has 0 unspecified atom stereocenters. The zero-order valence-corrected chi connectivity index (χ0v) is 20.7. The van der Waals surface area contributed by atoms with Gasteiger partial charge in [0.05, 0.1) is 15.6 Å². The van der Waals surface area contributed by atoms with E-state index >= 15 is 0 Å². The Labute approximate surface area is 208 Å². The topological polar surface area (TPSA) is 71.3 Å². The molecule has 0 heterocycles. The van der Waals surface area contributed by atoms with Crippen LogP contribution in [-0.2, 0) is 11.4 Å². The van der Waals surface area contributed by atoms with Gasteiger partial charge in [-0.15, -0.1) is 0 Å². The molecule has 0 fully saturated rings. The fraction of sp³-hybridized carbons (Fsp3) is 0.120. The van der Waals surface area contributed by atoms with Crippen LogP contribution in [0.5, 0.6) is 11.5 Å². The van der Waals surface area contributed by atoms with Crippen LogP contribution >= 0.6 is 31.9 Å². The Bertz CT molecular complexity index is 1220. The standard InChI is InChI=1S/C25H19Br2FN2O3/c1-2-32-20-8-5-7-19(13-20)30-25(31)18(14-29)10-16-11-21(26)24(22(27)12-16)33-15-17-6-3-4-9-23(17)28/h3-13H,2,15H2,1H3,(H,30,31)/b18-10-. The van der Waals surface area contributed by atoms with Crippen LogP contribution in [0.25, 0.3) is 6.08 Å². The molecule has 0 bridgehead atoms. The number of carbonyl (C=O) groups excluding carboxylic acids is 1. The van der Waals surface area contributed by atoms with Crippen molar-refractivity contribution in [1.29, 1.82) is 5.26 Å². The van der Waals surface area contributed by atoms with Crippen molar-refractivity contribution >= 4 is 49.5 Å². The zero-order chi connectivity index (χ0) is 23.8. The molecule has 168 valence electrons. The largest absolute Gasteiger partial charge is 0.494 e. The van der Waals surface area contributed by atoms with Gasteiger partial charge in [0.1, 0.15) is 35.6 Å². The van der Waals surface area contributed by atoms with Crippen molar-refractivity contribution < 1.29 is 18.7 Å². The molecule has 0 aliphatic rings. The van der Waals surface area contributed by atoms with E-state index in [1.807, 2.05) is 13.0 Å². The highest BCUT2D eigenvalue weighted by molar-refractivity contribution is 9.11. The maximum absolute atomic E-state index is 13.8. The molecule has 0 spiro atoms. The molecular weight excluding hydrogens is 555 g/mol. The lowest BCUT2D eigenvalue weighted by atomic mass is 10.1. The lowest BCUT2D eigenvalue weighted by Crippen LogP contribution is -2.13. The second-order valence-corrected chi connectivity index (χ2v) is 8.49. The number of rotatable bonds is 8. The molecule has 5 nitrogen and oxygen atoms in total. The summed E-state index contributed by atoms with van der Waals surface area (Å²) < 4.78 is 26.2. The Kier molecular flexibility index (Phi) is 8.64. The number of anilines is 1. The molecule has 0 atom stereocenters. The number of halogens is 3. The highest BCUT2D eigenvalue weighted by Gasteiger charge is 2.14. The van der Waals surface area contributed by atoms with Gasteiger partial charge >= 0.3 is 0 Å². The SMILES string of the molecule is CCOc1cccc(NC(=O)/C(C#N)=C\c2cc(Br)c(OCc3ccccc3F)c(Br)c2)c1. The van der Waals surface area contributed by atoms with E-state index in [4.69, 9.17) is 9.47 Å². The molecule has 0 aliphatic carbocycles. The molecule has 0 aliphatic heterocycles. The van der Waals surface area contributed by atoms with E-state index in [0.717, 1.165) is 0 Å². The third-order valence-corrected chi connectivity index (χ3v) is 5.61. The van der Waals surface area contributed by atoms with Crippen molar-refractivity contribution in [3.05, 3.63) is 92.1 Å². The van der Waals surface area contributed by atoms with E-state index < -0.39 is 5.91 Å². The quantitative estimate of drug-likeness (QED) is 0.236. The average Bonchev–Trinajstić information content (AvgIpc) is 2.78. The molecule has 0 saturated carbocycles. The first-order valence-corrected chi connectivity index (χ1v) is 11.5. The normalized spacial score (nSPS) is 10.9. The van der Waals surface area contributed by atoms with E-state index in [1.54, 1.807) is 54.6 Å². The van der Waals surface area contributed by atoms with Crippen LogP contribution in [0, 0.1) is 17.1 Å². The summed E-state index contributed by atoms with van der Waals surface area (Å²) in [6.07, 6.45) is 1.47. The van der Waals surface area contributed by atoms with Gasteiger partial charge in [-0.05, 0) is 80.8 Å². The summed E-state index contributed by atoms with van der Waals surface area (Å²) in [6, 6.07) is 18.7. The summed E-state index contributed by atoms with van der Waals surface area (Å²) in [6.45, 7) is 2.42. The van der Waals surface area contributed by atoms with Crippen LogP contribution in [0.4, 0.5) is 10.1 Å². The van der Waals surface area contributed by atoms with Gasteiger partial charge in [0, 0.05) is 17.3 Å². The smallest absolute Gasteiger partial charge is 0.266 e. The first kappa shape index (κ1) is 24.5. The van der Waals surface area contributed by atoms with Gasteiger partial charge in [-0.3, -0.25) is 4.79 Å². The first-order valence-electron chi connectivity index (χ1n) is 9.92. The maximum Gasteiger partial charge on any atom is 0.266 e. The molecule has 33 heavy (non-hydrogen) atoms. The van der Waals surface area contributed by atoms with Crippen molar-refractivity contribution in [2.75, 3.05) is 11.9 Å². The predicted molar refractivity (Wildman–Crippen MR) is 132 cm³/mol. The molecule has 3 aromatic carbocycles. The molecule has 3 rings (SSSR count). The molecule has 0 radical (unpaired) electrons. The second kappa shape index (κ2) is 11.6. The monoisotopic (exact) mass is 572 g/mol. The number of benzene rings is 3. The van der Waals surface area contributed by atoms with E-state index in [-0.39, 0.29) is 18.0 Å². The van der Waals surface area contributed by atoms with E-state index in [0.29, 0.717) is 43.9 Å². The Morgan fingerprint density at radius 2 is 1.82 bits per heavy atom. The van der Waals surface area contributed by atoms with Crippen molar-refractivity contribution in [2.45, 2.75) is 13.5 Å². The van der Waals surface area contributed by atoms with Crippen molar-refractivity contribution in [3.8, 4) is 17.6 Å². The molecule has 0 saturated heterocycles. The Morgan fingerprint density at radius 3 is 2.48 bits per heavy atom. The van der Waals surface area contributed by atoms with Gasteiger partial charge in [-0.25, -0.2) is 4.39 Å². The second-order valence-electron chi connectivity index (χ2n) is 6.78. The summed E-state index contributed by atoms with van der Waals surface area (Å²) >= 11 is 6.88. The highest BCUT2D eigenvalue weighted by Crippen LogP contribution is 2.36. The van der Waals surface area contributed by atoms with Crippen molar-refractivity contribution in [1.82, 2.24) is 0 Å². The van der Waals surface area contributed by atoms with E-state index in [2.05, 4.69) is 37.2 Å². The minimum absolute atomic E-state index is 0.0473. The van der Waals surface area contributed by atoms with Crippen LogP contribution < -0.4 is 14.8 Å². The minimum Gasteiger partial charge on any atom is -0.494 e. The molecule has 1 N–H and O–H groups in total. The lowest BCUT2D eigenvalue weighted by molar-refractivity contribution is -0.112. The Morgan fingerprint density at radius 1 is 1.09 bits per heavy atom. The third kappa shape index (κ3) is 6.67. The molecule has 1 amide bonds. The number of nitrogens with one attached hydrogen (secondary N) is 1.